The second-order valence-corrected chi connectivity index (χ2v) is 4.38. The summed E-state index contributed by atoms with van der Waals surface area (Å²) < 4.78 is 0. The molecule has 0 bridgehead atoms. The molecular weight excluding hydrogens is 271 g/mol. The molecule has 0 heterocycles. The van der Waals surface area contributed by atoms with E-state index < -0.39 is 11.9 Å². The van der Waals surface area contributed by atoms with E-state index in [1.54, 1.807) is 26.0 Å². The number of carboxylic acids is 2. The van der Waals surface area contributed by atoms with Crippen LogP contribution < -0.4 is 51.4 Å². The van der Waals surface area contributed by atoms with E-state index in [4.69, 9.17) is 10.2 Å². The van der Waals surface area contributed by atoms with Gasteiger partial charge in [-0.3, -0.25) is 0 Å². The Morgan fingerprint density at radius 1 is 0.842 bits per heavy atom. The molecule has 2 N–H and O–H groups in total. The fraction of sp³-hybridized carbons (Fsp3) is 0.571. The monoisotopic (exact) mass is 294 g/mol. The second-order valence-electron chi connectivity index (χ2n) is 4.38. The van der Waals surface area contributed by atoms with Crippen molar-refractivity contribution < 1.29 is 72.6 Å². The molecule has 0 aromatic heterocycles. The summed E-state index contributed by atoms with van der Waals surface area (Å²) in [5.41, 5.74) is 0.796. The number of hydrogen-bond donors (Lipinski definition) is 2. The third-order valence-corrected chi connectivity index (χ3v) is 2.73. The van der Waals surface area contributed by atoms with Crippen LogP contribution in [0.3, 0.4) is 0 Å². The Kier molecular flexibility index (Phi) is 14.7. The van der Waals surface area contributed by atoms with Gasteiger partial charge < -0.3 is 11.6 Å². The molecule has 0 amide bonds. The summed E-state index contributed by atoms with van der Waals surface area (Å²) in [5, 5.41) is 17.3. The van der Waals surface area contributed by atoms with E-state index in [-0.39, 0.29) is 52.8 Å². The first kappa shape index (κ1) is 21.4. The quantitative estimate of drug-likeness (QED) is 0.369. The Bertz CT molecular complexity index is 317. The average molecular weight is 294 g/mol. The summed E-state index contributed by atoms with van der Waals surface area (Å²) in [6.07, 6.45) is 9.13. The zero-order chi connectivity index (χ0) is 14.0. The molecule has 0 radical (unpaired) electrons. The molecule has 0 saturated heterocycles. The number of allylic oxidation sites excluding steroid dienone is 2. The molecule has 0 aromatic carbocycles. The molecule has 0 saturated carbocycles. The van der Waals surface area contributed by atoms with Crippen molar-refractivity contribution in [1.29, 1.82) is 0 Å². The van der Waals surface area contributed by atoms with Crippen LogP contribution in [0.2, 0.25) is 0 Å². The van der Waals surface area contributed by atoms with E-state index in [0.717, 1.165) is 38.5 Å². The fourth-order valence-electron chi connectivity index (χ4n) is 1.45. The Balaban J connectivity index is -0.00000144. The summed E-state index contributed by atoms with van der Waals surface area (Å²) in [5.74, 6) is -1.71. The molecule has 104 valence electrons. The van der Waals surface area contributed by atoms with Gasteiger partial charge in [0.15, 0.2) is 0 Å². The molecule has 0 aliphatic carbocycles. The van der Waals surface area contributed by atoms with Gasteiger partial charge in [0.25, 0.3) is 0 Å². The summed E-state index contributed by atoms with van der Waals surface area (Å²) in [6.45, 7) is 3.20. The number of rotatable bonds is 9. The van der Waals surface area contributed by atoms with Gasteiger partial charge in [-0.05, 0) is 39.5 Å². The fourth-order valence-corrected chi connectivity index (χ4v) is 1.45. The van der Waals surface area contributed by atoms with Gasteiger partial charge in [0.1, 0.15) is 0 Å². The average Bonchev–Trinajstić information content (AvgIpc) is 2.31. The van der Waals surface area contributed by atoms with Crippen LogP contribution in [0.1, 0.15) is 53.8 Å². The van der Waals surface area contributed by atoms with E-state index >= 15 is 0 Å². The summed E-state index contributed by atoms with van der Waals surface area (Å²) in [7, 11) is 0. The first-order chi connectivity index (χ1) is 8.45. The van der Waals surface area contributed by atoms with Crippen LogP contribution >= 0.6 is 0 Å². The van der Waals surface area contributed by atoms with E-state index in [9.17, 15) is 9.59 Å². The smallest absolute Gasteiger partial charge is 1.00 e. The third kappa shape index (κ3) is 12.8. The van der Waals surface area contributed by atoms with Gasteiger partial charge in [-0.2, -0.15) is 0 Å². The van der Waals surface area contributed by atoms with Crippen LogP contribution in [0.4, 0.5) is 0 Å². The van der Waals surface area contributed by atoms with Gasteiger partial charge in [0.2, 0.25) is 0 Å². The molecule has 0 atom stereocenters. The summed E-state index contributed by atoms with van der Waals surface area (Å²) in [6, 6.07) is 0. The molecule has 4 nitrogen and oxygen atoms in total. The molecule has 0 aliphatic rings. The van der Waals surface area contributed by atoms with Crippen molar-refractivity contribution in [2.75, 3.05) is 0 Å². The zero-order valence-corrected chi connectivity index (χ0v) is 15.2. The molecule has 0 aromatic rings. The molecule has 0 spiro atoms. The third-order valence-electron chi connectivity index (χ3n) is 2.73. The molecule has 0 aliphatic heterocycles. The van der Waals surface area contributed by atoms with Crippen molar-refractivity contribution in [1.82, 2.24) is 0 Å². The summed E-state index contributed by atoms with van der Waals surface area (Å²) in [4.78, 5) is 21.0. The van der Waals surface area contributed by atoms with Crippen molar-refractivity contribution in [3.8, 4) is 0 Å². The van der Waals surface area contributed by atoms with E-state index in [0.29, 0.717) is 11.1 Å². The van der Waals surface area contributed by atoms with Crippen molar-refractivity contribution in [3.63, 3.8) is 0 Å². The van der Waals surface area contributed by atoms with Gasteiger partial charge in [0, 0.05) is 11.1 Å². The maximum atomic E-state index is 10.5. The summed E-state index contributed by atoms with van der Waals surface area (Å²) >= 11 is 0. The maximum Gasteiger partial charge on any atom is 1.00 e. The first-order valence-electron chi connectivity index (χ1n) is 6.25. The minimum absolute atomic E-state index is 0. The Morgan fingerprint density at radius 3 is 1.42 bits per heavy atom. The number of unbranched alkanes of at least 4 members (excludes halogenated alkanes) is 5. The second kappa shape index (κ2) is 13.1. The van der Waals surface area contributed by atoms with E-state index in [2.05, 4.69) is 0 Å². The normalized spacial score (nSPS) is 11.9. The minimum atomic E-state index is -0.857. The SMILES string of the molecule is CC(=CCCCCCCC=C(C)C(=O)O)C(=O)O.[H-].[K+]. The van der Waals surface area contributed by atoms with Gasteiger partial charge in [-0.15, -0.1) is 0 Å². The zero-order valence-electron chi connectivity index (χ0n) is 13.1. The van der Waals surface area contributed by atoms with Crippen LogP contribution in [0.15, 0.2) is 23.3 Å². The van der Waals surface area contributed by atoms with Crippen molar-refractivity contribution in [2.24, 2.45) is 0 Å². The van der Waals surface area contributed by atoms with E-state index in [1.165, 1.54) is 0 Å². The first-order valence-corrected chi connectivity index (χ1v) is 6.25. The van der Waals surface area contributed by atoms with Gasteiger partial charge >= 0.3 is 63.3 Å². The largest absolute Gasteiger partial charge is 1.00 e. The predicted octanol–water partition coefficient (Wildman–Crippen LogP) is 0.505. The van der Waals surface area contributed by atoms with E-state index in [1.807, 2.05) is 0 Å². The van der Waals surface area contributed by atoms with Crippen LogP contribution in [-0.2, 0) is 9.59 Å². The van der Waals surface area contributed by atoms with Crippen LogP contribution in [0, 0.1) is 0 Å². The van der Waals surface area contributed by atoms with Gasteiger partial charge in [-0.25, -0.2) is 9.59 Å². The van der Waals surface area contributed by atoms with Crippen molar-refractivity contribution in [2.45, 2.75) is 52.4 Å². The van der Waals surface area contributed by atoms with Crippen LogP contribution in [0.25, 0.3) is 0 Å². The van der Waals surface area contributed by atoms with Crippen LogP contribution in [-0.4, -0.2) is 22.2 Å². The van der Waals surface area contributed by atoms with Gasteiger partial charge in [0.05, 0.1) is 0 Å². The molecule has 0 fully saturated rings. The van der Waals surface area contributed by atoms with Crippen molar-refractivity contribution >= 4 is 11.9 Å². The van der Waals surface area contributed by atoms with Crippen LogP contribution in [0.5, 0.6) is 0 Å². The number of carbonyl (C=O) groups is 2. The number of hydrogen-bond acceptors (Lipinski definition) is 2. The Morgan fingerprint density at radius 2 is 1.16 bits per heavy atom. The Hall–Kier alpha value is 0.0564. The molecular formula is C14H23KO4. The number of aliphatic carboxylic acids is 2. The topological polar surface area (TPSA) is 74.6 Å². The van der Waals surface area contributed by atoms with Crippen molar-refractivity contribution in [3.05, 3.63) is 23.3 Å². The number of carboxylic acid groups (broad SMARTS) is 2. The predicted molar refractivity (Wildman–Crippen MR) is 71.6 cm³/mol. The van der Waals surface area contributed by atoms with Gasteiger partial charge in [-0.1, -0.05) is 25.0 Å². The molecule has 0 unspecified atom stereocenters. The molecule has 0 rings (SSSR count). The molecule has 19 heavy (non-hydrogen) atoms. The maximum absolute atomic E-state index is 10.5. The Labute approximate surface area is 158 Å². The molecule has 5 heteroatoms. The minimum Gasteiger partial charge on any atom is -1.00 e. The standard InChI is InChI=1S/C14H22O4.K.H/c1-11(13(15)16)9-7-5-3-4-6-8-10-12(2)14(17)18;;/h9-10H,3-8H2,1-2H3,(H,15,16)(H,17,18);;/q;+1;-1.